The molecule has 0 aromatic carbocycles. The monoisotopic (exact) mass is 662 g/mol. The first-order valence-corrected chi connectivity index (χ1v) is 7.73. The summed E-state index contributed by atoms with van der Waals surface area (Å²) in [5, 5.41) is 0. The van der Waals surface area contributed by atoms with Crippen molar-refractivity contribution >= 4 is 18.4 Å². The van der Waals surface area contributed by atoms with Gasteiger partial charge in [-0.2, -0.15) is 105 Å². The van der Waals surface area contributed by atoms with Crippen LogP contribution in [-0.2, 0) is 14.4 Å². The van der Waals surface area contributed by atoms with Gasteiger partial charge in [0, 0.05) is 0 Å². The molecule has 0 fully saturated rings. The standard InChI is InChI=1S/2C6F12O.CH2O/c2*7-2(8,1(19)3(9,10)11)4(12,13)5(14,15)6(16,17)18;1-2/h;;1H2. The van der Waals surface area contributed by atoms with E-state index in [-0.39, 0.29) is 0 Å². The highest BCUT2D eigenvalue weighted by Gasteiger charge is 2.86. The molecule has 0 radical (unpaired) electrons. The normalized spacial score (nSPS) is 14.9. The van der Waals surface area contributed by atoms with Gasteiger partial charge in [-0.05, 0) is 0 Å². The molecule has 0 aliphatic rings. The third-order valence-corrected chi connectivity index (χ3v) is 3.37. The smallest absolute Gasteiger partial charge is 0.307 e. The number of carbonyl (C=O) groups is 3. The molecule has 0 atom stereocenters. The van der Waals surface area contributed by atoms with Crippen molar-refractivity contribution in [3.8, 4) is 0 Å². The summed E-state index contributed by atoms with van der Waals surface area (Å²) in [6, 6.07) is 0. The molecule has 0 saturated carbocycles. The summed E-state index contributed by atoms with van der Waals surface area (Å²) in [4.78, 5) is 27.7. The minimum atomic E-state index is -7.61. The van der Waals surface area contributed by atoms with Gasteiger partial charge in [-0.1, -0.05) is 0 Å². The van der Waals surface area contributed by atoms with Gasteiger partial charge in [0.2, 0.25) is 0 Å². The van der Waals surface area contributed by atoms with Crippen molar-refractivity contribution in [2.75, 3.05) is 0 Å². The van der Waals surface area contributed by atoms with Crippen LogP contribution in [0, 0.1) is 0 Å². The number of rotatable bonds is 6. The highest BCUT2D eigenvalue weighted by atomic mass is 19.4. The highest BCUT2D eigenvalue weighted by molar-refractivity contribution is 5.92. The molecule has 0 N–H and O–H groups in total. The molecule has 240 valence electrons. The van der Waals surface area contributed by atoms with Gasteiger partial charge >= 0.3 is 71.8 Å². The van der Waals surface area contributed by atoms with Crippen LogP contribution in [-0.4, -0.2) is 78.6 Å². The molecule has 0 saturated heterocycles. The van der Waals surface area contributed by atoms with Crippen LogP contribution in [0.25, 0.3) is 0 Å². The Morgan fingerprint density at radius 3 is 0.575 bits per heavy atom. The second-order valence-electron chi connectivity index (χ2n) is 6.10. The zero-order chi connectivity index (χ0) is 34.2. The van der Waals surface area contributed by atoms with Crippen LogP contribution in [0.1, 0.15) is 0 Å². The minimum absolute atomic E-state index is 2.00. The molecule has 0 rings (SSSR count). The second kappa shape index (κ2) is 11.3. The Morgan fingerprint density at radius 1 is 0.325 bits per heavy atom. The maximum absolute atomic E-state index is 12.3. The van der Waals surface area contributed by atoms with Crippen LogP contribution in [0.3, 0.4) is 0 Å². The van der Waals surface area contributed by atoms with Crippen molar-refractivity contribution in [2.24, 2.45) is 0 Å². The van der Waals surface area contributed by atoms with Gasteiger partial charge in [0.1, 0.15) is 6.79 Å². The van der Waals surface area contributed by atoms with Crippen molar-refractivity contribution in [1.29, 1.82) is 0 Å². The fourth-order valence-electron chi connectivity index (χ4n) is 1.39. The number of carbonyl (C=O) groups excluding carboxylic acids is 3. The van der Waals surface area contributed by atoms with E-state index >= 15 is 0 Å². The molecule has 0 aliphatic carbocycles. The number of alkyl halides is 24. The molecule has 27 heteroatoms. The molecule has 0 heterocycles. The van der Waals surface area contributed by atoms with Crippen molar-refractivity contribution in [3.63, 3.8) is 0 Å². The lowest BCUT2D eigenvalue weighted by atomic mass is 10.00. The molecule has 0 amide bonds. The predicted molar refractivity (Wildman–Crippen MR) is 71.0 cm³/mol. The summed E-state index contributed by atoms with van der Waals surface area (Å²) in [7, 11) is 0. The first-order valence-electron chi connectivity index (χ1n) is 7.73. The second-order valence-corrected chi connectivity index (χ2v) is 6.10. The van der Waals surface area contributed by atoms with Crippen molar-refractivity contribution in [2.45, 2.75) is 60.2 Å². The molecule has 0 unspecified atom stereocenters. The van der Waals surface area contributed by atoms with E-state index in [9.17, 15) is 115 Å². The molecule has 40 heavy (non-hydrogen) atoms. The summed E-state index contributed by atoms with van der Waals surface area (Å²) >= 11 is 0. The number of hydrogen-bond acceptors (Lipinski definition) is 3. The lowest BCUT2D eigenvalue weighted by molar-refractivity contribution is -0.390. The summed E-state index contributed by atoms with van der Waals surface area (Å²) in [5.74, 6) is -54.3. The Labute approximate surface area is 200 Å². The lowest BCUT2D eigenvalue weighted by Gasteiger charge is -2.32. The van der Waals surface area contributed by atoms with Gasteiger partial charge in [0.25, 0.3) is 0 Å². The average molecular weight is 662 g/mol. The summed E-state index contributed by atoms with van der Waals surface area (Å²) in [6.07, 6.45) is -28.0. The van der Waals surface area contributed by atoms with E-state index in [1.807, 2.05) is 6.79 Å². The van der Waals surface area contributed by atoms with E-state index in [1.165, 1.54) is 0 Å². The number of hydrogen-bond donors (Lipinski definition) is 0. The molecule has 3 nitrogen and oxygen atoms in total. The average Bonchev–Trinajstić information content (AvgIpc) is 2.70. The minimum Gasteiger partial charge on any atom is -0.307 e. The lowest BCUT2D eigenvalue weighted by Crippen LogP contribution is -2.65. The first-order chi connectivity index (χ1) is 16.8. The molecular formula is C13H2F24O3. The topological polar surface area (TPSA) is 51.2 Å². The molecule has 0 aliphatic heterocycles. The number of Topliss-reactive ketones (excluding diaryl/α,β-unsaturated/α-hetero) is 2. The first kappa shape index (κ1) is 41.8. The Morgan fingerprint density at radius 2 is 0.475 bits per heavy atom. The fourth-order valence-corrected chi connectivity index (χ4v) is 1.39. The Kier molecular flexibility index (Phi) is 11.8. The van der Waals surface area contributed by atoms with Crippen LogP contribution in [0.4, 0.5) is 105 Å². The largest absolute Gasteiger partial charge is 0.460 e. The van der Waals surface area contributed by atoms with Gasteiger partial charge in [-0.25, -0.2) is 0 Å². The van der Waals surface area contributed by atoms with E-state index in [0.29, 0.717) is 0 Å². The highest BCUT2D eigenvalue weighted by Crippen LogP contribution is 2.55. The maximum Gasteiger partial charge on any atom is 0.460 e. The van der Waals surface area contributed by atoms with Crippen LogP contribution >= 0.6 is 0 Å². The van der Waals surface area contributed by atoms with Crippen molar-refractivity contribution in [3.05, 3.63) is 0 Å². The molecule has 0 spiro atoms. The molecule has 0 bridgehead atoms. The summed E-state index contributed by atoms with van der Waals surface area (Å²) < 4.78 is 284. The Bertz CT molecular complexity index is 812. The van der Waals surface area contributed by atoms with Gasteiger partial charge < -0.3 is 4.79 Å². The quantitative estimate of drug-likeness (QED) is 0.289. The van der Waals surface area contributed by atoms with Crippen LogP contribution in [0.5, 0.6) is 0 Å². The summed E-state index contributed by atoms with van der Waals surface area (Å²) in [6.45, 7) is 2.00. The zero-order valence-corrected chi connectivity index (χ0v) is 17.0. The third kappa shape index (κ3) is 7.34. The molecular weight excluding hydrogens is 660 g/mol. The van der Waals surface area contributed by atoms with Gasteiger partial charge in [-0.3, -0.25) is 9.59 Å². The number of ketones is 2. The SMILES string of the molecule is C=O.O=C(C(F)(F)F)C(F)(F)C(F)(F)C(F)(F)C(F)(F)F.O=C(C(F)(F)F)C(F)(F)C(F)(F)C(F)(F)C(F)(F)F. The fraction of sp³-hybridized carbons (Fsp3) is 0.769. The van der Waals surface area contributed by atoms with Crippen molar-refractivity contribution < 1.29 is 120 Å². The maximum atomic E-state index is 12.3. The van der Waals surface area contributed by atoms with Crippen LogP contribution < -0.4 is 0 Å². The zero-order valence-electron chi connectivity index (χ0n) is 17.0. The Balaban J connectivity index is -0.000000644. The Hall–Kier alpha value is -2.67. The van der Waals surface area contributed by atoms with E-state index in [2.05, 4.69) is 0 Å². The summed E-state index contributed by atoms with van der Waals surface area (Å²) in [5.41, 5.74) is 0. The van der Waals surface area contributed by atoms with Crippen LogP contribution in [0.15, 0.2) is 0 Å². The third-order valence-electron chi connectivity index (χ3n) is 3.37. The number of halogens is 24. The van der Waals surface area contributed by atoms with E-state index in [1.54, 1.807) is 0 Å². The van der Waals surface area contributed by atoms with Gasteiger partial charge in [0.15, 0.2) is 0 Å². The van der Waals surface area contributed by atoms with Gasteiger partial charge in [0.05, 0.1) is 0 Å². The van der Waals surface area contributed by atoms with E-state index < -0.39 is 71.8 Å². The van der Waals surface area contributed by atoms with E-state index in [0.717, 1.165) is 0 Å². The van der Waals surface area contributed by atoms with E-state index in [4.69, 9.17) is 4.79 Å². The van der Waals surface area contributed by atoms with Crippen LogP contribution in [0.2, 0.25) is 0 Å². The van der Waals surface area contributed by atoms with Gasteiger partial charge in [-0.15, -0.1) is 0 Å². The molecule has 0 aromatic rings. The van der Waals surface area contributed by atoms with Crippen molar-refractivity contribution in [1.82, 2.24) is 0 Å². The molecule has 0 aromatic heterocycles. The predicted octanol–water partition coefficient (Wildman–Crippen LogP) is 6.99.